The molecule has 0 aliphatic heterocycles. The molecule has 0 aliphatic rings. The minimum absolute atomic E-state index is 0.0546. The number of esters is 1. The number of aromatic nitrogens is 3. The van der Waals surface area contributed by atoms with Gasteiger partial charge in [-0.1, -0.05) is 18.2 Å². The molecule has 0 atom stereocenters. The average molecular weight is 299 g/mol. The molecule has 0 bridgehead atoms. The Bertz CT molecular complexity index is 638. The van der Waals surface area contributed by atoms with Crippen LogP contribution in [0, 0.1) is 0 Å². The Labute approximate surface area is 118 Å². The van der Waals surface area contributed by atoms with Gasteiger partial charge in [0.05, 0.1) is 13.0 Å². The highest BCUT2D eigenvalue weighted by molar-refractivity contribution is 5.93. The molecule has 1 aromatic heterocycles. The zero-order chi connectivity index (χ0) is 15.5. The molecule has 0 saturated heterocycles. The molecule has 21 heavy (non-hydrogen) atoms. The summed E-state index contributed by atoms with van der Waals surface area (Å²) in [5, 5.41) is 9.77. The number of H-pyrrole nitrogens is 1. The van der Waals surface area contributed by atoms with Gasteiger partial charge in [-0.3, -0.25) is 0 Å². The fourth-order valence-electron chi connectivity index (χ4n) is 1.83. The first kappa shape index (κ1) is 15.0. The number of nitrogens with one attached hydrogen (secondary N) is 1. The van der Waals surface area contributed by atoms with Crippen molar-refractivity contribution in [1.29, 1.82) is 0 Å². The first-order chi connectivity index (χ1) is 9.90. The second-order valence-corrected chi connectivity index (χ2v) is 4.23. The molecular formula is C13H12F3N3O2. The second kappa shape index (κ2) is 5.94. The largest absolute Gasteiger partial charge is 0.461 e. The van der Waals surface area contributed by atoms with Crippen molar-refractivity contribution in [2.75, 3.05) is 6.61 Å². The molecule has 8 heteroatoms. The first-order valence-electron chi connectivity index (χ1n) is 6.14. The van der Waals surface area contributed by atoms with Crippen LogP contribution in [-0.4, -0.2) is 34.2 Å². The molecule has 1 N–H and O–H groups in total. The van der Waals surface area contributed by atoms with Crippen LogP contribution in [-0.2, 0) is 11.2 Å². The van der Waals surface area contributed by atoms with E-state index in [1.54, 1.807) is 13.0 Å². The summed E-state index contributed by atoms with van der Waals surface area (Å²) in [5.41, 5.74) is 0.560. The van der Waals surface area contributed by atoms with Crippen LogP contribution in [0.25, 0.3) is 11.3 Å². The maximum Gasteiger partial charge on any atom is 0.393 e. The zero-order valence-corrected chi connectivity index (χ0v) is 11.1. The number of aromatic amines is 1. The SMILES string of the molecule is CCOC(=O)c1n[nH]nc1-c1cccc(CC(F)(F)F)c1. The molecule has 0 radical (unpaired) electrons. The second-order valence-electron chi connectivity index (χ2n) is 4.23. The Morgan fingerprint density at radius 1 is 1.33 bits per heavy atom. The topological polar surface area (TPSA) is 67.9 Å². The van der Waals surface area contributed by atoms with Gasteiger partial charge < -0.3 is 4.74 Å². The summed E-state index contributed by atoms with van der Waals surface area (Å²) in [7, 11) is 0. The summed E-state index contributed by atoms with van der Waals surface area (Å²) in [4.78, 5) is 11.7. The van der Waals surface area contributed by atoms with Crippen LogP contribution in [0.4, 0.5) is 13.2 Å². The van der Waals surface area contributed by atoms with Crippen LogP contribution < -0.4 is 0 Å². The molecule has 112 valence electrons. The minimum atomic E-state index is -4.30. The lowest BCUT2D eigenvalue weighted by Gasteiger charge is -2.07. The summed E-state index contributed by atoms with van der Waals surface area (Å²) in [6, 6.07) is 5.72. The van der Waals surface area contributed by atoms with E-state index in [2.05, 4.69) is 15.4 Å². The van der Waals surface area contributed by atoms with Gasteiger partial charge in [0.1, 0.15) is 5.69 Å². The van der Waals surface area contributed by atoms with Gasteiger partial charge in [0.25, 0.3) is 0 Å². The van der Waals surface area contributed by atoms with E-state index in [4.69, 9.17) is 4.74 Å². The van der Waals surface area contributed by atoms with Gasteiger partial charge in [-0.2, -0.15) is 23.5 Å². The molecule has 1 aromatic carbocycles. The van der Waals surface area contributed by atoms with Gasteiger partial charge in [0, 0.05) is 5.56 Å². The molecule has 2 rings (SSSR count). The molecule has 0 spiro atoms. The fraction of sp³-hybridized carbons (Fsp3) is 0.308. The fourth-order valence-corrected chi connectivity index (χ4v) is 1.83. The highest BCUT2D eigenvalue weighted by Gasteiger charge is 2.28. The molecular weight excluding hydrogens is 287 g/mol. The molecule has 2 aromatic rings. The maximum atomic E-state index is 12.4. The lowest BCUT2D eigenvalue weighted by Crippen LogP contribution is -2.11. The molecule has 1 heterocycles. The van der Waals surface area contributed by atoms with Gasteiger partial charge in [-0.15, -0.1) is 5.10 Å². The molecule has 0 amide bonds. The molecule has 0 saturated carbocycles. The van der Waals surface area contributed by atoms with Crippen molar-refractivity contribution >= 4 is 5.97 Å². The van der Waals surface area contributed by atoms with Gasteiger partial charge >= 0.3 is 12.1 Å². The third-order valence-electron chi connectivity index (χ3n) is 2.62. The van der Waals surface area contributed by atoms with Gasteiger partial charge in [-0.25, -0.2) is 4.79 Å². The third-order valence-corrected chi connectivity index (χ3v) is 2.62. The third kappa shape index (κ3) is 3.80. The van der Waals surface area contributed by atoms with Crippen LogP contribution in [0.5, 0.6) is 0 Å². The zero-order valence-electron chi connectivity index (χ0n) is 11.1. The number of carbonyl (C=O) groups is 1. The van der Waals surface area contributed by atoms with E-state index in [0.717, 1.165) is 0 Å². The van der Waals surface area contributed by atoms with E-state index in [1.807, 2.05) is 0 Å². The normalized spacial score (nSPS) is 11.4. The van der Waals surface area contributed by atoms with E-state index in [-0.39, 0.29) is 23.6 Å². The average Bonchev–Trinajstić information content (AvgIpc) is 2.86. The van der Waals surface area contributed by atoms with E-state index in [9.17, 15) is 18.0 Å². The van der Waals surface area contributed by atoms with Crippen LogP contribution >= 0.6 is 0 Å². The highest BCUT2D eigenvalue weighted by atomic mass is 19.4. The number of carbonyl (C=O) groups excluding carboxylic acids is 1. The maximum absolute atomic E-state index is 12.4. The van der Waals surface area contributed by atoms with Gasteiger partial charge in [0.15, 0.2) is 5.69 Å². The summed E-state index contributed by atoms with van der Waals surface area (Å²) in [5.74, 6) is -0.678. The van der Waals surface area contributed by atoms with E-state index < -0.39 is 18.6 Å². The Morgan fingerprint density at radius 2 is 2.10 bits per heavy atom. The predicted molar refractivity (Wildman–Crippen MR) is 67.5 cm³/mol. The number of halogens is 3. The quantitative estimate of drug-likeness (QED) is 0.881. The molecule has 0 unspecified atom stereocenters. The summed E-state index contributed by atoms with van der Waals surface area (Å²) in [6.45, 7) is 1.81. The molecule has 0 fully saturated rings. The monoisotopic (exact) mass is 299 g/mol. The van der Waals surface area contributed by atoms with E-state index in [1.165, 1.54) is 18.2 Å². The number of alkyl halides is 3. The summed E-state index contributed by atoms with van der Waals surface area (Å²) >= 11 is 0. The predicted octanol–water partition coefficient (Wildman–Crippen LogP) is 2.75. The Balaban J connectivity index is 2.33. The first-order valence-corrected chi connectivity index (χ1v) is 6.14. The van der Waals surface area contributed by atoms with Crippen molar-refractivity contribution in [3.63, 3.8) is 0 Å². The smallest absolute Gasteiger partial charge is 0.393 e. The summed E-state index contributed by atoms with van der Waals surface area (Å²) in [6.07, 6.45) is -5.35. The molecule has 0 aliphatic carbocycles. The van der Waals surface area contributed by atoms with Crippen molar-refractivity contribution in [1.82, 2.24) is 15.4 Å². The highest BCUT2D eigenvalue weighted by Crippen LogP contribution is 2.26. The standard InChI is InChI=1S/C13H12F3N3O2/c1-2-21-12(20)11-10(17-19-18-11)9-5-3-4-8(6-9)7-13(14,15)16/h3-6H,2,7H2,1H3,(H,17,18,19). The number of hydrogen-bond acceptors (Lipinski definition) is 4. The van der Waals surface area contributed by atoms with Crippen LogP contribution in [0.3, 0.4) is 0 Å². The number of ether oxygens (including phenoxy) is 1. The Morgan fingerprint density at radius 3 is 2.76 bits per heavy atom. The number of hydrogen-bond donors (Lipinski definition) is 1. The van der Waals surface area contributed by atoms with Crippen molar-refractivity contribution in [3.05, 3.63) is 35.5 Å². The van der Waals surface area contributed by atoms with Crippen molar-refractivity contribution in [2.24, 2.45) is 0 Å². The number of rotatable bonds is 4. The van der Waals surface area contributed by atoms with E-state index in [0.29, 0.717) is 5.56 Å². The van der Waals surface area contributed by atoms with Crippen LogP contribution in [0.2, 0.25) is 0 Å². The molecule has 5 nitrogen and oxygen atoms in total. The minimum Gasteiger partial charge on any atom is -0.461 e. The number of benzene rings is 1. The van der Waals surface area contributed by atoms with Crippen LogP contribution in [0.15, 0.2) is 24.3 Å². The van der Waals surface area contributed by atoms with E-state index >= 15 is 0 Å². The van der Waals surface area contributed by atoms with Crippen LogP contribution in [0.1, 0.15) is 23.0 Å². The van der Waals surface area contributed by atoms with Gasteiger partial charge in [0.2, 0.25) is 0 Å². The lowest BCUT2D eigenvalue weighted by atomic mass is 10.0. The Kier molecular flexibility index (Phi) is 4.25. The van der Waals surface area contributed by atoms with Crippen molar-refractivity contribution in [3.8, 4) is 11.3 Å². The van der Waals surface area contributed by atoms with Crippen molar-refractivity contribution < 1.29 is 22.7 Å². The Hall–Kier alpha value is -2.38. The number of nitrogens with zero attached hydrogens (tertiary/aromatic N) is 2. The van der Waals surface area contributed by atoms with Crippen molar-refractivity contribution in [2.45, 2.75) is 19.5 Å². The summed E-state index contributed by atoms with van der Waals surface area (Å²) < 4.78 is 42.1. The lowest BCUT2D eigenvalue weighted by molar-refractivity contribution is -0.127. The van der Waals surface area contributed by atoms with Gasteiger partial charge in [-0.05, 0) is 18.6 Å².